The smallest absolute Gasteiger partial charge is 0.211 e. The first-order valence-corrected chi connectivity index (χ1v) is 5.38. The Kier molecular flexibility index (Phi) is 2.78. The Bertz CT molecular complexity index is 484. The van der Waals surface area contributed by atoms with Gasteiger partial charge in [-0.25, -0.2) is 4.98 Å². The standard InChI is InChI=1S/C11H16N4O/c1-4-15-9(5-7(2)14-15)10-6-13-11(16-10)8(3)12/h5-6,8H,4,12H2,1-3H3. The van der Waals surface area contributed by atoms with Gasteiger partial charge < -0.3 is 10.2 Å². The van der Waals surface area contributed by atoms with Crippen molar-refractivity contribution >= 4 is 0 Å². The molecule has 2 aromatic rings. The third-order valence-corrected chi connectivity index (χ3v) is 2.37. The third kappa shape index (κ3) is 1.86. The number of nitrogens with two attached hydrogens (primary N) is 1. The van der Waals surface area contributed by atoms with Crippen molar-refractivity contribution in [3.63, 3.8) is 0 Å². The van der Waals surface area contributed by atoms with Gasteiger partial charge in [0.1, 0.15) is 5.69 Å². The Labute approximate surface area is 94.3 Å². The van der Waals surface area contributed by atoms with Crippen LogP contribution in [0.2, 0.25) is 0 Å². The van der Waals surface area contributed by atoms with E-state index in [9.17, 15) is 0 Å². The molecular weight excluding hydrogens is 204 g/mol. The van der Waals surface area contributed by atoms with Gasteiger partial charge in [-0.1, -0.05) is 0 Å². The number of hydrogen-bond donors (Lipinski definition) is 1. The molecule has 1 unspecified atom stereocenters. The van der Waals surface area contributed by atoms with Crippen LogP contribution in [-0.4, -0.2) is 14.8 Å². The molecule has 0 fully saturated rings. The molecule has 2 N–H and O–H groups in total. The molecule has 2 rings (SSSR count). The van der Waals surface area contributed by atoms with Crippen molar-refractivity contribution < 1.29 is 4.42 Å². The number of hydrogen-bond acceptors (Lipinski definition) is 4. The lowest BCUT2D eigenvalue weighted by Crippen LogP contribution is -2.04. The van der Waals surface area contributed by atoms with E-state index in [1.54, 1.807) is 6.20 Å². The van der Waals surface area contributed by atoms with Crippen LogP contribution < -0.4 is 5.73 Å². The minimum atomic E-state index is -0.187. The van der Waals surface area contributed by atoms with E-state index in [0.717, 1.165) is 23.7 Å². The predicted octanol–water partition coefficient (Wildman–Crippen LogP) is 1.89. The molecule has 0 amide bonds. The van der Waals surface area contributed by atoms with Crippen LogP contribution in [0.4, 0.5) is 0 Å². The average molecular weight is 220 g/mol. The van der Waals surface area contributed by atoms with Crippen molar-refractivity contribution in [2.45, 2.75) is 33.4 Å². The van der Waals surface area contributed by atoms with Crippen molar-refractivity contribution in [1.29, 1.82) is 0 Å². The summed E-state index contributed by atoms with van der Waals surface area (Å²) in [7, 11) is 0. The molecule has 0 aliphatic carbocycles. The summed E-state index contributed by atoms with van der Waals surface area (Å²) < 4.78 is 7.48. The zero-order valence-electron chi connectivity index (χ0n) is 9.77. The van der Waals surface area contributed by atoms with E-state index in [2.05, 4.69) is 10.1 Å². The van der Waals surface area contributed by atoms with Gasteiger partial charge in [0.25, 0.3) is 0 Å². The largest absolute Gasteiger partial charge is 0.437 e. The van der Waals surface area contributed by atoms with Crippen molar-refractivity contribution in [1.82, 2.24) is 14.8 Å². The Morgan fingerprint density at radius 1 is 1.56 bits per heavy atom. The summed E-state index contributed by atoms with van der Waals surface area (Å²) in [5, 5.41) is 4.36. The van der Waals surface area contributed by atoms with Crippen molar-refractivity contribution in [3.8, 4) is 11.5 Å². The first-order valence-electron chi connectivity index (χ1n) is 5.38. The highest BCUT2D eigenvalue weighted by atomic mass is 16.4. The topological polar surface area (TPSA) is 69.9 Å². The molecule has 0 saturated heterocycles. The Morgan fingerprint density at radius 2 is 2.31 bits per heavy atom. The van der Waals surface area contributed by atoms with Crippen LogP contribution >= 0.6 is 0 Å². The lowest BCUT2D eigenvalue weighted by molar-refractivity contribution is 0.469. The molecule has 5 nitrogen and oxygen atoms in total. The maximum atomic E-state index is 5.70. The molecule has 0 saturated carbocycles. The van der Waals surface area contributed by atoms with Crippen molar-refractivity contribution in [2.24, 2.45) is 5.73 Å². The second-order valence-corrected chi connectivity index (χ2v) is 3.84. The summed E-state index contributed by atoms with van der Waals surface area (Å²) in [6.45, 7) is 6.65. The van der Waals surface area contributed by atoms with Gasteiger partial charge >= 0.3 is 0 Å². The maximum absolute atomic E-state index is 5.70. The summed E-state index contributed by atoms with van der Waals surface area (Å²) in [6.07, 6.45) is 1.70. The number of aromatic nitrogens is 3. The van der Waals surface area contributed by atoms with E-state index >= 15 is 0 Å². The van der Waals surface area contributed by atoms with Crippen LogP contribution in [0.3, 0.4) is 0 Å². The van der Waals surface area contributed by atoms with E-state index in [1.165, 1.54) is 0 Å². The number of rotatable bonds is 3. The Morgan fingerprint density at radius 3 is 2.88 bits per heavy atom. The van der Waals surface area contributed by atoms with Gasteiger partial charge in [0.05, 0.1) is 17.9 Å². The van der Waals surface area contributed by atoms with Gasteiger partial charge in [-0.3, -0.25) is 4.68 Å². The lowest BCUT2D eigenvalue weighted by atomic mass is 10.3. The zero-order chi connectivity index (χ0) is 11.7. The quantitative estimate of drug-likeness (QED) is 0.857. The van der Waals surface area contributed by atoms with E-state index in [-0.39, 0.29) is 6.04 Å². The van der Waals surface area contributed by atoms with E-state index in [0.29, 0.717) is 5.89 Å². The van der Waals surface area contributed by atoms with Gasteiger partial charge in [0, 0.05) is 6.54 Å². The average Bonchev–Trinajstić information content (AvgIpc) is 2.82. The molecule has 2 heterocycles. The molecule has 0 aliphatic heterocycles. The molecule has 2 aromatic heterocycles. The molecule has 16 heavy (non-hydrogen) atoms. The summed E-state index contributed by atoms with van der Waals surface area (Å²) in [5.41, 5.74) is 7.61. The Balaban J connectivity index is 2.41. The number of aryl methyl sites for hydroxylation is 2. The van der Waals surface area contributed by atoms with Gasteiger partial charge in [-0.15, -0.1) is 0 Å². The molecule has 0 aliphatic rings. The fourth-order valence-corrected chi connectivity index (χ4v) is 1.60. The fourth-order valence-electron chi connectivity index (χ4n) is 1.60. The summed E-state index contributed by atoms with van der Waals surface area (Å²) in [6, 6.07) is 1.79. The fraction of sp³-hybridized carbons (Fsp3) is 0.455. The van der Waals surface area contributed by atoms with Crippen molar-refractivity contribution in [3.05, 3.63) is 23.8 Å². The summed E-state index contributed by atoms with van der Waals surface area (Å²) >= 11 is 0. The predicted molar refractivity (Wildman–Crippen MR) is 60.7 cm³/mol. The Hall–Kier alpha value is -1.62. The first kappa shape index (κ1) is 10.9. The summed E-state index contributed by atoms with van der Waals surface area (Å²) in [5.74, 6) is 1.27. The molecule has 0 spiro atoms. The minimum absolute atomic E-state index is 0.187. The van der Waals surface area contributed by atoms with Gasteiger partial charge in [0.2, 0.25) is 5.89 Å². The molecule has 0 bridgehead atoms. The molecule has 5 heteroatoms. The lowest BCUT2D eigenvalue weighted by Gasteiger charge is -2.00. The first-order chi connectivity index (χ1) is 7.61. The zero-order valence-corrected chi connectivity index (χ0v) is 9.77. The normalized spacial score (nSPS) is 13.0. The highest BCUT2D eigenvalue weighted by Crippen LogP contribution is 2.23. The number of nitrogens with zero attached hydrogens (tertiary/aromatic N) is 3. The number of oxazole rings is 1. The van der Waals surface area contributed by atoms with E-state index < -0.39 is 0 Å². The molecule has 0 radical (unpaired) electrons. The van der Waals surface area contributed by atoms with Crippen LogP contribution in [0.5, 0.6) is 0 Å². The van der Waals surface area contributed by atoms with E-state index in [4.69, 9.17) is 10.2 Å². The van der Waals surface area contributed by atoms with Gasteiger partial charge in [0.15, 0.2) is 5.76 Å². The SMILES string of the molecule is CCn1nc(C)cc1-c1cnc(C(C)N)o1. The van der Waals surface area contributed by atoms with Crippen LogP contribution in [-0.2, 0) is 6.54 Å². The van der Waals surface area contributed by atoms with Crippen LogP contribution in [0.15, 0.2) is 16.7 Å². The second-order valence-electron chi connectivity index (χ2n) is 3.84. The van der Waals surface area contributed by atoms with Crippen LogP contribution in [0, 0.1) is 6.92 Å². The molecular formula is C11H16N4O. The summed E-state index contributed by atoms with van der Waals surface area (Å²) in [4.78, 5) is 4.14. The van der Waals surface area contributed by atoms with Crippen molar-refractivity contribution in [2.75, 3.05) is 0 Å². The third-order valence-electron chi connectivity index (χ3n) is 2.37. The molecule has 1 atom stereocenters. The van der Waals surface area contributed by atoms with Gasteiger partial charge in [-0.2, -0.15) is 5.10 Å². The van der Waals surface area contributed by atoms with Gasteiger partial charge in [-0.05, 0) is 26.8 Å². The highest BCUT2D eigenvalue weighted by Gasteiger charge is 2.13. The van der Waals surface area contributed by atoms with Crippen LogP contribution in [0.1, 0.15) is 31.5 Å². The maximum Gasteiger partial charge on any atom is 0.211 e. The minimum Gasteiger partial charge on any atom is -0.437 e. The molecule has 86 valence electrons. The molecule has 0 aromatic carbocycles. The van der Waals surface area contributed by atoms with Crippen LogP contribution in [0.25, 0.3) is 11.5 Å². The monoisotopic (exact) mass is 220 g/mol. The second kappa shape index (κ2) is 4.09. The van der Waals surface area contributed by atoms with E-state index in [1.807, 2.05) is 31.5 Å². The highest BCUT2D eigenvalue weighted by molar-refractivity contribution is 5.51.